The number of carboxylic acid groups (broad SMARTS) is 1. The molecule has 2 aromatic rings. The Morgan fingerprint density at radius 1 is 1.27 bits per heavy atom. The molecule has 8 nitrogen and oxygen atoms in total. The standard InChI is InChI=1S/C18H21NO7/c1-4-8(2)14(17(23)24)19-13(21)7-11-9(3)10-5-6-12(20)15(22)16(10)26-18(11)25/h5-6,8,14,20,22H,4,7H2,1-3H3,(H,19,21)(H,23,24). The van der Waals surface area contributed by atoms with Gasteiger partial charge in [-0.1, -0.05) is 20.3 Å². The molecule has 1 aromatic carbocycles. The summed E-state index contributed by atoms with van der Waals surface area (Å²) in [6.45, 7) is 5.11. The fourth-order valence-corrected chi connectivity index (χ4v) is 2.70. The second-order valence-corrected chi connectivity index (χ2v) is 6.25. The Balaban J connectivity index is 2.36. The summed E-state index contributed by atoms with van der Waals surface area (Å²) in [4.78, 5) is 35.8. The topological polar surface area (TPSA) is 137 Å². The summed E-state index contributed by atoms with van der Waals surface area (Å²) in [6, 6.07) is 1.66. The molecule has 0 aliphatic carbocycles. The fourth-order valence-electron chi connectivity index (χ4n) is 2.70. The molecule has 0 aliphatic heterocycles. The van der Waals surface area contributed by atoms with Crippen molar-refractivity contribution in [2.75, 3.05) is 0 Å². The summed E-state index contributed by atoms with van der Waals surface area (Å²) < 4.78 is 5.05. The number of phenols is 2. The summed E-state index contributed by atoms with van der Waals surface area (Å²) in [5.74, 6) is -3.01. The van der Waals surface area contributed by atoms with Crippen LogP contribution in [0.3, 0.4) is 0 Å². The first kappa shape index (κ1) is 19.3. The van der Waals surface area contributed by atoms with E-state index in [-0.39, 0.29) is 23.5 Å². The summed E-state index contributed by atoms with van der Waals surface area (Å²) >= 11 is 0. The zero-order valence-corrected chi connectivity index (χ0v) is 14.7. The number of aliphatic carboxylic acids is 1. The summed E-state index contributed by atoms with van der Waals surface area (Å²) in [7, 11) is 0. The average molecular weight is 363 g/mol. The molecule has 26 heavy (non-hydrogen) atoms. The molecule has 0 aliphatic rings. The van der Waals surface area contributed by atoms with Crippen molar-refractivity contribution in [3.8, 4) is 11.5 Å². The van der Waals surface area contributed by atoms with Crippen molar-refractivity contribution in [1.29, 1.82) is 0 Å². The number of hydrogen-bond donors (Lipinski definition) is 4. The highest BCUT2D eigenvalue weighted by atomic mass is 16.4. The quantitative estimate of drug-likeness (QED) is 0.452. The monoisotopic (exact) mass is 363 g/mol. The number of hydrogen-bond acceptors (Lipinski definition) is 6. The number of nitrogens with one attached hydrogen (secondary N) is 1. The van der Waals surface area contributed by atoms with Crippen molar-refractivity contribution in [2.24, 2.45) is 5.92 Å². The van der Waals surface area contributed by atoms with E-state index in [1.54, 1.807) is 13.8 Å². The van der Waals surface area contributed by atoms with Gasteiger partial charge >= 0.3 is 11.6 Å². The summed E-state index contributed by atoms with van der Waals surface area (Å²) in [6.07, 6.45) is 0.211. The van der Waals surface area contributed by atoms with E-state index >= 15 is 0 Å². The molecule has 1 heterocycles. The molecule has 0 saturated heterocycles. The molecule has 8 heteroatoms. The number of aromatic hydroxyl groups is 2. The van der Waals surface area contributed by atoms with E-state index in [2.05, 4.69) is 5.32 Å². The van der Waals surface area contributed by atoms with Gasteiger partial charge in [-0.2, -0.15) is 0 Å². The molecule has 2 unspecified atom stereocenters. The van der Waals surface area contributed by atoms with Crippen molar-refractivity contribution in [3.63, 3.8) is 0 Å². The first-order valence-corrected chi connectivity index (χ1v) is 8.16. The van der Waals surface area contributed by atoms with Gasteiger partial charge in [-0.15, -0.1) is 0 Å². The van der Waals surface area contributed by atoms with Gasteiger partial charge in [0, 0.05) is 5.39 Å². The molecule has 1 aromatic heterocycles. The molecule has 2 rings (SSSR count). The Morgan fingerprint density at radius 2 is 1.92 bits per heavy atom. The van der Waals surface area contributed by atoms with E-state index in [1.807, 2.05) is 6.92 Å². The number of carbonyl (C=O) groups excluding carboxylic acids is 1. The predicted molar refractivity (Wildman–Crippen MR) is 93.3 cm³/mol. The van der Waals surface area contributed by atoms with Crippen LogP contribution in [0, 0.1) is 12.8 Å². The van der Waals surface area contributed by atoms with Gasteiger partial charge in [0.1, 0.15) is 6.04 Å². The number of benzene rings is 1. The van der Waals surface area contributed by atoms with E-state index < -0.39 is 35.0 Å². The zero-order chi connectivity index (χ0) is 19.6. The van der Waals surface area contributed by atoms with Crippen LogP contribution in [-0.4, -0.2) is 33.2 Å². The molecule has 1 amide bonds. The number of carbonyl (C=O) groups is 2. The Hall–Kier alpha value is -3.03. The van der Waals surface area contributed by atoms with Crippen molar-refractivity contribution in [1.82, 2.24) is 5.32 Å². The Bertz CT molecular complexity index is 916. The van der Waals surface area contributed by atoms with Gasteiger partial charge in [0.15, 0.2) is 11.3 Å². The van der Waals surface area contributed by atoms with Gasteiger partial charge in [0.25, 0.3) is 0 Å². The third kappa shape index (κ3) is 3.63. The lowest BCUT2D eigenvalue weighted by atomic mass is 9.98. The van der Waals surface area contributed by atoms with Crippen molar-refractivity contribution in [3.05, 3.63) is 33.7 Å². The van der Waals surface area contributed by atoms with Gasteiger partial charge in [-0.3, -0.25) is 4.79 Å². The summed E-state index contributed by atoms with van der Waals surface area (Å²) in [5.41, 5.74) is -0.522. The average Bonchev–Trinajstić information content (AvgIpc) is 2.59. The van der Waals surface area contributed by atoms with E-state index in [0.29, 0.717) is 17.4 Å². The van der Waals surface area contributed by atoms with Crippen molar-refractivity contribution in [2.45, 2.75) is 39.7 Å². The van der Waals surface area contributed by atoms with Crippen LogP contribution in [0.2, 0.25) is 0 Å². The molecule has 0 bridgehead atoms. The largest absolute Gasteiger partial charge is 0.504 e. The Kier molecular flexibility index (Phi) is 5.54. The molecule has 0 radical (unpaired) electrons. The number of amides is 1. The van der Waals surface area contributed by atoms with Gasteiger partial charge in [-0.05, 0) is 30.5 Å². The Morgan fingerprint density at radius 3 is 2.50 bits per heavy atom. The van der Waals surface area contributed by atoms with Gasteiger partial charge in [0.2, 0.25) is 11.7 Å². The normalized spacial score (nSPS) is 13.3. The van der Waals surface area contributed by atoms with Crippen LogP contribution >= 0.6 is 0 Å². The number of fused-ring (bicyclic) bond motifs is 1. The second-order valence-electron chi connectivity index (χ2n) is 6.25. The highest BCUT2D eigenvalue weighted by Gasteiger charge is 2.26. The maximum atomic E-state index is 12.3. The maximum Gasteiger partial charge on any atom is 0.340 e. The highest BCUT2D eigenvalue weighted by molar-refractivity contribution is 5.90. The Labute approximate surface area is 149 Å². The van der Waals surface area contributed by atoms with Crippen LogP contribution in [0.1, 0.15) is 31.4 Å². The van der Waals surface area contributed by atoms with E-state index in [1.165, 1.54) is 12.1 Å². The van der Waals surface area contributed by atoms with Crippen molar-refractivity contribution < 1.29 is 29.3 Å². The van der Waals surface area contributed by atoms with Crippen LogP contribution in [0.25, 0.3) is 11.0 Å². The first-order chi connectivity index (χ1) is 12.2. The van der Waals surface area contributed by atoms with E-state index in [0.717, 1.165) is 0 Å². The molecule has 140 valence electrons. The molecule has 0 fully saturated rings. The fraction of sp³-hybridized carbons (Fsp3) is 0.389. The van der Waals surface area contributed by atoms with Gasteiger partial charge in [0.05, 0.1) is 12.0 Å². The SMILES string of the molecule is CCC(C)C(NC(=O)Cc1c(C)c2ccc(O)c(O)c2oc1=O)C(=O)O. The third-order valence-corrected chi connectivity index (χ3v) is 4.54. The number of aryl methyl sites for hydroxylation is 1. The molecule has 4 N–H and O–H groups in total. The third-order valence-electron chi connectivity index (χ3n) is 4.54. The molecular formula is C18H21NO7. The minimum atomic E-state index is -1.14. The van der Waals surface area contributed by atoms with Crippen LogP contribution in [0.4, 0.5) is 0 Å². The van der Waals surface area contributed by atoms with Gasteiger partial charge in [-0.25, -0.2) is 9.59 Å². The molecule has 0 spiro atoms. The minimum absolute atomic E-state index is 0.0633. The second kappa shape index (κ2) is 7.47. The van der Waals surface area contributed by atoms with Crippen molar-refractivity contribution >= 4 is 22.8 Å². The number of phenolic OH excluding ortho intramolecular Hbond substituents is 2. The van der Waals surface area contributed by atoms with E-state index in [4.69, 9.17) is 4.42 Å². The van der Waals surface area contributed by atoms with Gasteiger partial charge < -0.3 is 25.1 Å². The predicted octanol–water partition coefficient (Wildman–Crippen LogP) is 1.67. The maximum absolute atomic E-state index is 12.3. The first-order valence-electron chi connectivity index (χ1n) is 8.16. The molecule has 0 saturated carbocycles. The lowest BCUT2D eigenvalue weighted by molar-refractivity contribution is -0.143. The van der Waals surface area contributed by atoms with Crippen LogP contribution < -0.4 is 10.9 Å². The number of rotatable bonds is 6. The minimum Gasteiger partial charge on any atom is -0.504 e. The molecule has 2 atom stereocenters. The number of carboxylic acids is 1. The van der Waals surface area contributed by atoms with E-state index in [9.17, 15) is 29.7 Å². The molecular weight excluding hydrogens is 342 g/mol. The lowest BCUT2D eigenvalue weighted by Gasteiger charge is -2.20. The van der Waals surface area contributed by atoms with Crippen LogP contribution in [-0.2, 0) is 16.0 Å². The van der Waals surface area contributed by atoms with Crippen LogP contribution in [0.15, 0.2) is 21.3 Å². The smallest absolute Gasteiger partial charge is 0.340 e. The zero-order valence-electron chi connectivity index (χ0n) is 14.7. The lowest BCUT2D eigenvalue weighted by Crippen LogP contribution is -2.45. The highest BCUT2D eigenvalue weighted by Crippen LogP contribution is 2.34. The van der Waals surface area contributed by atoms with Crippen LogP contribution in [0.5, 0.6) is 11.5 Å². The summed E-state index contributed by atoms with van der Waals surface area (Å²) in [5, 5.41) is 31.4.